The summed E-state index contributed by atoms with van der Waals surface area (Å²) in [6, 6.07) is 15.7. The van der Waals surface area contributed by atoms with Crippen LogP contribution in [0.25, 0.3) is 28.0 Å². The normalized spacial score (nSPS) is 11.0. The van der Waals surface area contributed by atoms with E-state index in [-0.39, 0.29) is 5.56 Å². The van der Waals surface area contributed by atoms with Gasteiger partial charge in [0.05, 0.1) is 12.8 Å². The van der Waals surface area contributed by atoms with Crippen LogP contribution in [-0.2, 0) is 4.74 Å². The lowest BCUT2D eigenvalue weighted by Gasteiger charge is -2.11. The van der Waals surface area contributed by atoms with Crippen molar-refractivity contribution in [1.29, 1.82) is 0 Å². The summed E-state index contributed by atoms with van der Waals surface area (Å²) in [6.07, 6.45) is 3.01. The molecule has 28 heavy (non-hydrogen) atoms. The van der Waals surface area contributed by atoms with Crippen molar-refractivity contribution in [2.24, 2.45) is 0 Å². The van der Waals surface area contributed by atoms with E-state index < -0.39 is 11.8 Å². The van der Waals surface area contributed by atoms with Crippen LogP contribution >= 0.6 is 0 Å². The number of methoxy groups -OCH3 is 1. The van der Waals surface area contributed by atoms with Crippen molar-refractivity contribution >= 4 is 11.6 Å². The second kappa shape index (κ2) is 6.93. The molecule has 0 aliphatic carbocycles. The van der Waals surface area contributed by atoms with Crippen molar-refractivity contribution in [3.05, 3.63) is 83.4 Å². The van der Waals surface area contributed by atoms with Crippen LogP contribution in [0.1, 0.15) is 21.5 Å². The fourth-order valence-electron chi connectivity index (χ4n) is 3.46. The highest BCUT2D eigenvalue weighted by molar-refractivity contribution is 5.91. The van der Waals surface area contributed by atoms with Gasteiger partial charge in [-0.15, -0.1) is 0 Å². The molecule has 4 aromatic rings. The largest absolute Gasteiger partial charge is 0.465 e. The van der Waals surface area contributed by atoms with E-state index in [1.165, 1.54) is 30.5 Å². The van der Waals surface area contributed by atoms with Gasteiger partial charge in [0.2, 0.25) is 0 Å². The van der Waals surface area contributed by atoms with Gasteiger partial charge in [-0.05, 0) is 36.6 Å². The molecule has 0 amide bonds. The Labute approximate surface area is 162 Å². The molecule has 2 aromatic heterocycles. The number of aromatic nitrogens is 2. The highest BCUT2D eigenvalue weighted by Gasteiger charge is 2.17. The number of rotatable bonds is 3. The van der Waals surface area contributed by atoms with Gasteiger partial charge in [-0.25, -0.2) is 14.2 Å². The van der Waals surface area contributed by atoms with Gasteiger partial charge >= 0.3 is 5.97 Å². The quantitative estimate of drug-likeness (QED) is 0.462. The van der Waals surface area contributed by atoms with Crippen molar-refractivity contribution in [1.82, 2.24) is 9.38 Å². The first-order chi connectivity index (χ1) is 13.5. The average molecular weight is 374 g/mol. The number of benzene rings is 2. The van der Waals surface area contributed by atoms with Crippen molar-refractivity contribution < 1.29 is 13.9 Å². The molecule has 5 heteroatoms. The molecule has 0 saturated heterocycles. The van der Waals surface area contributed by atoms with Gasteiger partial charge in [0.1, 0.15) is 11.2 Å². The van der Waals surface area contributed by atoms with Crippen LogP contribution in [0.5, 0.6) is 0 Å². The minimum atomic E-state index is -0.722. The number of aryl methyl sites for hydroxylation is 2. The molecule has 0 spiro atoms. The van der Waals surface area contributed by atoms with E-state index >= 15 is 0 Å². The van der Waals surface area contributed by atoms with Gasteiger partial charge in [0, 0.05) is 18.0 Å². The Morgan fingerprint density at radius 3 is 2.46 bits per heavy atom. The lowest BCUT2D eigenvalue weighted by molar-refractivity contribution is 0.0595. The molecule has 4 nitrogen and oxygen atoms in total. The second-order valence-corrected chi connectivity index (χ2v) is 6.78. The predicted octanol–water partition coefficient (Wildman–Crippen LogP) is 5.21. The van der Waals surface area contributed by atoms with Crippen LogP contribution < -0.4 is 0 Å². The highest BCUT2D eigenvalue weighted by atomic mass is 19.1. The Balaban J connectivity index is 1.88. The number of carbonyl (C=O) groups excluding carboxylic acids is 1. The molecule has 140 valence electrons. The van der Waals surface area contributed by atoms with Crippen LogP contribution in [0.2, 0.25) is 0 Å². The molecule has 0 aliphatic rings. The molecule has 0 atom stereocenters. The molecule has 0 radical (unpaired) electrons. The second-order valence-electron chi connectivity index (χ2n) is 6.78. The van der Waals surface area contributed by atoms with Crippen LogP contribution in [0, 0.1) is 19.7 Å². The molecule has 0 saturated carbocycles. The number of pyridine rings is 1. The lowest BCUT2D eigenvalue weighted by atomic mass is 9.94. The summed E-state index contributed by atoms with van der Waals surface area (Å²) in [4.78, 5) is 16.4. The lowest BCUT2D eigenvalue weighted by Crippen LogP contribution is -2.05. The molecule has 0 N–H and O–H groups in total. The minimum Gasteiger partial charge on any atom is -0.465 e. The van der Waals surface area contributed by atoms with E-state index in [0.717, 1.165) is 16.7 Å². The first kappa shape index (κ1) is 17.9. The summed E-state index contributed by atoms with van der Waals surface area (Å²) in [5.41, 5.74) is 6.56. The van der Waals surface area contributed by atoms with Crippen LogP contribution in [-0.4, -0.2) is 22.5 Å². The van der Waals surface area contributed by atoms with Gasteiger partial charge in [0.25, 0.3) is 0 Å². The highest BCUT2D eigenvalue weighted by Crippen LogP contribution is 2.34. The third-order valence-corrected chi connectivity index (χ3v) is 4.82. The molecule has 0 aliphatic heterocycles. The SMILES string of the molecule is COC(=O)c1cc2nc(-c3ccccc3-c3ccc(C)cc3C)cn2cc1F. The van der Waals surface area contributed by atoms with Gasteiger partial charge in [-0.3, -0.25) is 0 Å². The predicted molar refractivity (Wildman–Crippen MR) is 107 cm³/mol. The van der Waals surface area contributed by atoms with Crippen molar-refractivity contribution in [3.8, 4) is 22.4 Å². The molecular weight excluding hydrogens is 355 g/mol. The maximum Gasteiger partial charge on any atom is 0.341 e. The van der Waals surface area contributed by atoms with Crippen LogP contribution in [0.3, 0.4) is 0 Å². The molecule has 4 rings (SSSR count). The molecular formula is C23H19FN2O2. The van der Waals surface area contributed by atoms with Crippen LogP contribution in [0.4, 0.5) is 4.39 Å². The van der Waals surface area contributed by atoms with E-state index in [9.17, 15) is 9.18 Å². The average Bonchev–Trinajstić information content (AvgIpc) is 3.09. The van der Waals surface area contributed by atoms with Crippen molar-refractivity contribution in [2.75, 3.05) is 7.11 Å². The molecule has 0 unspecified atom stereocenters. The zero-order valence-electron chi connectivity index (χ0n) is 15.9. The number of hydrogen-bond acceptors (Lipinski definition) is 3. The Morgan fingerprint density at radius 2 is 1.75 bits per heavy atom. The number of hydrogen-bond donors (Lipinski definition) is 0. The fourth-order valence-corrected chi connectivity index (χ4v) is 3.46. The Bertz CT molecular complexity index is 1210. The maximum absolute atomic E-state index is 14.3. The van der Waals surface area contributed by atoms with E-state index in [0.29, 0.717) is 11.3 Å². The zero-order chi connectivity index (χ0) is 19.8. The number of nitrogens with zero attached hydrogens (tertiary/aromatic N) is 2. The summed E-state index contributed by atoms with van der Waals surface area (Å²) in [5.74, 6) is -1.37. The van der Waals surface area contributed by atoms with E-state index in [1.807, 2.05) is 18.2 Å². The third-order valence-electron chi connectivity index (χ3n) is 4.82. The number of imidazole rings is 1. The van der Waals surface area contributed by atoms with Crippen molar-refractivity contribution in [2.45, 2.75) is 13.8 Å². The Hall–Kier alpha value is -3.47. The Kier molecular flexibility index (Phi) is 4.43. The molecule has 2 aromatic carbocycles. The third kappa shape index (κ3) is 3.05. The Morgan fingerprint density at radius 1 is 1.00 bits per heavy atom. The van der Waals surface area contributed by atoms with Gasteiger partial charge in [-0.2, -0.15) is 0 Å². The zero-order valence-corrected chi connectivity index (χ0v) is 15.9. The smallest absolute Gasteiger partial charge is 0.341 e. The topological polar surface area (TPSA) is 43.6 Å². The van der Waals surface area contributed by atoms with E-state index in [2.05, 4.69) is 47.8 Å². The van der Waals surface area contributed by atoms with E-state index in [1.54, 1.807) is 10.6 Å². The van der Waals surface area contributed by atoms with Gasteiger partial charge in [0.15, 0.2) is 5.82 Å². The molecule has 0 bridgehead atoms. The van der Waals surface area contributed by atoms with E-state index in [4.69, 9.17) is 0 Å². The number of ether oxygens (including phenoxy) is 1. The molecule has 0 fully saturated rings. The van der Waals surface area contributed by atoms with Crippen molar-refractivity contribution in [3.63, 3.8) is 0 Å². The maximum atomic E-state index is 14.3. The monoisotopic (exact) mass is 374 g/mol. The van der Waals surface area contributed by atoms with Crippen LogP contribution in [0.15, 0.2) is 60.9 Å². The minimum absolute atomic E-state index is 0.130. The summed E-state index contributed by atoms with van der Waals surface area (Å²) < 4.78 is 20.5. The van der Waals surface area contributed by atoms with Gasteiger partial charge in [-0.1, -0.05) is 48.0 Å². The standard InChI is InChI=1S/C23H19FN2O2/c1-14-8-9-16(15(2)10-14)17-6-4-5-7-18(17)21-13-26-12-20(24)19(23(27)28-3)11-22(26)25-21/h4-13H,1-3H3. The number of fused-ring (bicyclic) bond motifs is 1. The first-order valence-electron chi connectivity index (χ1n) is 8.91. The summed E-state index contributed by atoms with van der Waals surface area (Å²) in [7, 11) is 1.23. The number of carbonyl (C=O) groups is 1. The number of esters is 1. The summed E-state index contributed by atoms with van der Waals surface area (Å²) >= 11 is 0. The summed E-state index contributed by atoms with van der Waals surface area (Å²) in [6.45, 7) is 4.15. The summed E-state index contributed by atoms with van der Waals surface area (Å²) in [5, 5.41) is 0. The fraction of sp³-hybridized carbons (Fsp3) is 0.130. The van der Waals surface area contributed by atoms with Gasteiger partial charge < -0.3 is 9.14 Å². The number of halogens is 1. The first-order valence-corrected chi connectivity index (χ1v) is 8.91. The molecule has 2 heterocycles.